The molecule has 0 spiro atoms. The van der Waals surface area contributed by atoms with Crippen LogP contribution in [0.15, 0.2) is 65.7 Å². The van der Waals surface area contributed by atoms with Crippen LogP contribution in [0.3, 0.4) is 0 Å². The molecule has 32 heavy (non-hydrogen) atoms. The monoisotopic (exact) mass is 455 g/mol. The lowest BCUT2D eigenvalue weighted by molar-refractivity contribution is -0.123. The summed E-state index contributed by atoms with van der Waals surface area (Å²) in [5, 5.41) is 2.56. The number of nitrogens with two attached hydrogens (primary N) is 1. The predicted molar refractivity (Wildman–Crippen MR) is 118 cm³/mol. The normalized spacial score (nSPS) is 11.9. The van der Waals surface area contributed by atoms with Crippen LogP contribution >= 0.6 is 0 Å². The van der Waals surface area contributed by atoms with Crippen molar-refractivity contribution in [1.29, 1.82) is 0 Å². The number of nitrogens with one attached hydrogen (secondary N) is 2. The number of ether oxygens (including phenoxy) is 1. The lowest BCUT2D eigenvalue weighted by Crippen LogP contribution is -2.30. The molecule has 0 aliphatic heterocycles. The van der Waals surface area contributed by atoms with Gasteiger partial charge in [-0.3, -0.25) is 4.79 Å². The Hall–Kier alpha value is -3.99. The number of aryl methyl sites for hydroxylation is 1. The number of carbonyl (C=O) groups excluding carboxylic acids is 2. The summed E-state index contributed by atoms with van der Waals surface area (Å²) < 4.78 is 32.4. The maximum Gasteiger partial charge on any atom is 0.338 e. The van der Waals surface area contributed by atoms with Gasteiger partial charge in [-0.05, 0) is 62.4 Å². The number of sulfonamides is 1. The first kappa shape index (κ1) is 22.7. The average Bonchev–Trinajstić information content (AvgIpc) is 2.73. The Kier molecular flexibility index (Phi) is 6.69. The molecule has 1 amide bonds. The van der Waals surface area contributed by atoms with Crippen molar-refractivity contribution in [2.24, 2.45) is 0 Å². The van der Waals surface area contributed by atoms with Crippen LogP contribution in [0.5, 0.6) is 0 Å². The Labute approximate surface area is 184 Å². The number of aromatic nitrogens is 2. The zero-order valence-corrected chi connectivity index (χ0v) is 18.1. The second-order valence-corrected chi connectivity index (χ2v) is 8.50. The van der Waals surface area contributed by atoms with Crippen LogP contribution in [0.2, 0.25) is 0 Å². The Bertz CT molecular complexity index is 1250. The number of hydrogen-bond donors (Lipinski definition) is 3. The number of carbonyl (C=O) groups is 2. The van der Waals surface area contributed by atoms with Crippen molar-refractivity contribution >= 4 is 39.2 Å². The molecule has 166 valence electrons. The number of nitrogen functional groups attached to an aromatic ring is 1. The number of rotatable bonds is 7. The molecule has 4 N–H and O–H groups in total. The predicted octanol–water partition coefficient (Wildman–Crippen LogP) is 2.35. The molecule has 0 aliphatic rings. The standard InChI is InChI=1S/C21H21N5O5S/c1-13-10-11-23-21(24-13)26-32(29,30)18-8-6-17(7-9-18)25-19(27)14(2)31-20(28)15-4-3-5-16(22)12-15/h3-12,14H,22H2,1-2H3,(H,25,27)(H,23,24,26). The largest absolute Gasteiger partial charge is 0.449 e. The van der Waals surface area contributed by atoms with Gasteiger partial charge in [-0.1, -0.05) is 6.07 Å². The van der Waals surface area contributed by atoms with E-state index in [9.17, 15) is 18.0 Å². The molecule has 0 radical (unpaired) electrons. The molecule has 2 aromatic carbocycles. The van der Waals surface area contributed by atoms with Gasteiger partial charge in [0.1, 0.15) is 0 Å². The van der Waals surface area contributed by atoms with Crippen molar-refractivity contribution in [3.05, 3.63) is 72.1 Å². The van der Waals surface area contributed by atoms with E-state index in [0.717, 1.165) is 0 Å². The lowest BCUT2D eigenvalue weighted by Gasteiger charge is -2.14. The van der Waals surface area contributed by atoms with E-state index < -0.39 is 28.0 Å². The summed E-state index contributed by atoms with van der Waals surface area (Å²) in [6.45, 7) is 3.13. The molecule has 11 heteroatoms. The summed E-state index contributed by atoms with van der Waals surface area (Å²) in [6, 6.07) is 13.3. The van der Waals surface area contributed by atoms with Crippen LogP contribution in [0.4, 0.5) is 17.3 Å². The zero-order valence-electron chi connectivity index (χ0n) is 17.3. The Morgan fingerprint density at radius 2 is 1.81 bits per heavy atom. The third kappa shape index (κ3) is 5.79. The Morgan fingerprint density at radius 3 is 2.47 bits per heavy atom. The second kappa shape index (κ2) is 9.43. The molecule has 0 saturated carbocycles. The van der Waals surface area contributed by atoms with E-state index >= 15 is 0 Å². The van der Waals surface area contributed by atoms with E-state index in [1.165, 1.54) is 49.5 Å². The molecule has 1 atom stereocenters. The molecule has 3 rings (SSSR count). The second-order valence-electron chi connectivity index (χ2n) is 6.81. The summed E-state index contributed by atoms with van der Waals surface area (Å²) in [4.78, 5) is 32.3. The number of anilines is 3. The Balaban J connectivity index is 1.62. The topological polar surface area (TPSA) is 153 Å². The molecular weight excluding hydrogens is 434 g/mol. The van der Waals surface area contributed by atoms with E-state index in [2.05, 4.69) is 20.0 Å². The molecule has 0 bridgehead atoms. The summed E-state index contributed by atoms with van der Waals surface area (Å²) >= 11 is 0. The van der Waals surface area contributed by atoms with Gasteiger partial charge >= 0.3 is 5.97 Å². The fourth-order valence-corrected chi connectivity index (χ4v) is 3.54. The van der Waals surface area contributed by atoms with E-state index in [1.807, 2.05) is 0 Å². The summed E-state index contributed by atoms with van der Waals surface area (Å²) in [7, 11) is -3.91. The van der Waals surface area contributed by atoms with Gasteiger partial charge in [0.05, 0.1) is 10.5 Å². The fourth-order valence-electron chi connectivity index (χ4n) is 2.59. The third-order valence-electron chi connectivity index (χ3n) is 4.23. The first-order chi connectivity index (χ1) is 15.1. The van der Waals surface area contributed by atoms with Gasteiger partial charge in [0.25, 0.3) is 15.9 Å². The minimum absolute atomic E-state index is 0.0400. The third-order valence-corrected chi connectivity index (χ3v) is 5.57. The molecule has 1 aromatic heterocycles. The van der Waals surface area contributed by atoms with Crippen molar-refractivity contribution in [3.63, 3.8) is 0 Å². The molecule has 1 heterocycles. The molecule has 3 aromatic rings. The summed E-state index contributed by atoms with van der Waals surface area (Å²) in [5.41, 5.74) is 7.20. The maximum atomic E-state index is 12.5. The van der Waals surface area contributed by atoms with Gasteiger partial charge in [-0.2, -0.15) is 0 Å². The number of hydrogen-bond acceptors (Lipinski definition) is 8. The van der Waals surface area contributed by atoms with Gasteiger partial charge < -0.3 is 15.8 Å². The van der Waals surface area contributed by atoms with Gasteiger partial charge in [-0.25, -0.2) is 27.9 Å². The van der Waals surface area contributed by atoms with Crippen LogP contribution in [0.1, 0.15) is 23.0 Å². The minimum Gasteiger partial charge on any atom is -0.449 e. The van der Waals surface area contributed by atoms with Crippen molar-refractivity contribution < 1.29 is 22.7 Å². The van der Waals surface area contributed by atoms with Crippen molar-refractivity contribution in [1.82, 2.24) is 9.97 Å². The maximum absolute atomic E-state index is 12.5. The highest BCUT2D eigenvalue weighted by Gasteiger charge is 2.20. The SMILES string of the molecule is Cc1ccnc(NS(=O)(=O)c2ccc(NC(=O)C(C)OC(=O)c3cccc(N)c3)cc2)n1. The van der Waals surface area contributed by atoms with Crippen LogP contribution in [0.25, 0.3) is 0 Å². The molecule has 0 fully saturated rings. The summed E-state index contributed by atoms with van der Waals surface area (Å²) in [5.74, 6) is -1.31. The smallest absolute Gasteiger partial charge is 0.338 e. The quantitative estimate of drug-likeness (QED) is 0.362. The van der Waals surface area contributed by atoms with E-state index in [4.69, 9.17) is 10.5 Å². The number of nitrogens with zero attached hydrogens (tertiary/aromatic N) is 2. The zero-order chi connectivity index (χ0) is 23.3. The van der Waals surface area contributed by atoms with Gasteiger partial charge in [0.2, 0.25) is 5.95 Å². The highest BCUT2D eigenvalue weighted by molar-refractivity contribution is 7.92. The van der Waals surface area contributed by atoms with Gasteiger partial charge in [-0.15, -0.1) is 0 Å². The average molecular weight is 455 g/mol. The van der Waals surface area contributed by atoms with Gasteiger partial charge in [0.15, 0.2) is 6.10 Å². The lowest BCUT2D eigenvalue weighted by atomic mass is 10.2. The Morgan fingerprint density at radius 1 is 1.09 bits per heavy atom. The first-order valence-corrected chi connectivity index (χ1v) is 10.9. The molecular formula is C21H21N5O5S. The van der Waals surface area contributed by atoms with Crippen LogP contribution < -0.4 is 15.8 Å². The fraction of sp³-hybridized carbons (Fsp3) is 0.143. The van der Waals surface area contributed by atoms with Crippen LogP contribution in [-0.2, 0) is 19.6 Å². The van der Waals surface area contributed by atoms with Crippen LogP contribution in [0, 0.1) is 6.92 Å². The number of amides is 1. The minimum atomic E-state index is -3.91. The van der Waals surface area contributed by atoms with E-state index in [-0.39, 0.29) is 16.4 Å². The molecule has 0 saturated heterocycles. The first-order valence-electron chi connectivity index (χ1n) is 9.44. The van der Waals surface area contributed by atoms with Gasteiger partial charge in [0, 0.05) is 23.3 Å². The highest BCUT2D eigenvalue weighted by atomic mass is 32.2. The number of benzene rings is 2. The van der Waals surface area contributed by atoms with Crippen molar-refractivity contribution in [2.75, 3.05) is 15.8 Å². The molecule has 10 nitrogen and oxygen atoms in total. The number of esters is 1. The van der Waals surface area contributed by atoms with E-state index in [0.29, 0.717) is 17.1 Å². The van der Waals surface area contributed by atoms with Crippen molar-refractivity contribution in [3.8, 4) is 0 Å². The van der Waals surface area contributed by atoms with E-state index in [1.54, 1.807) is 25.1 Å². The highest BCUT2D eigenvalue weighted by Crippen LogP contribution is 2.17. The van der Waals surface area contributed by atoms with Crippen LogP contribution in [-0.4, -0.2) is 36.4 Å². The van der Waals surface area contributed by atoms with Crippen molar-refractivity contribution in [2.45, 2.75) is 24.8 Å². The molecule has 1 unspecified atom stereocenters. The molecule has 0 aliphatic carbocycles. The summed E-state index contributed by atoms with van der Waals surface area (Å²) in [6.07, 6.45) is 0.354.